The quantitative estimate of drug-likeness (QED) is 0.788. The summed E-state index contributed by atoms with van der Waals surface area (Å²) < 4.78 is 4.72. The summed E-state index contributed by atoms with van der Waals surface area (Å²) in [6.07, 6.45) is 1.52. The van der Waals surface area contributed by atoms with Gasteiger partial charge in [0.25, 0.3) is 5.56 Å². The Hall–Kier alpha value is -2.70. The first-order valence-electron chi connectivity index (χ1n) is 5.55. The molecule has 0 atom stereocenters. The van der Waals surface area contributed by atoms with Crippen LogP contribution in [0.4, 0.5) is 0 Å². The number of nitrogens with zero attached hydrogens (tertiary/aromatic N) is 2. The Labute approximate surface area is 107 Å². The van der Waals surface area contributed by atoms with E-state index in [1.807, 2.05) is 0 Å². The highest BCUT2D eigenvalue weighted by Gasteiger charge is 2.19. The van der Waals surface area contributed by atoms with E-state index in [1.165, 1.54) is 6.20 Å². The number of aromatic nitrogens is 3. The number of hydrogen-bond acceptors (Lipinski definition) is 6. The van der Waals surface area contributed by atoms with E-state index in [0.717, 1.165) is 0 Å². The van der Waals surface area contributed by atoms with Gasteiger partial charge in [-0.1, -0.05) is 6.07 Å². The van der Waals surface area contributed by atoms with E-state index in [1.54, 1.807) is 25.1 Å². The number of carbonyl (C=O) groups excluding carboxylic acids is 1. The van der Waals surface area contributed by atoms with Crippen molar-refractivity contribution < 1.29 is 14.6 Å². The van der Waals surface area contributed by atoms with E-state index >= 15 is 0 Å². The number of ether oxygens (including phenoxy) is 1. The Kier molecular flexibility index (Phi) is 3.56. The van der Waals surface area contributed by atoms with Crippen molar-refractivity contribution in [2.45, 2.75) is 6.92 Å². The SMILES string of the molecule is CCOC(=O)c1nc(-c2ccccn2)[nH]c(=O)c1O. The third kappa shape index (κ3) is 2.59. The molecule has 0 radical (unpaired) electrons. The van der Waals surface area contributed by atoms with Gasteiger partial charge in [-0.05, 0) is 19.1 Å². The van der Waals surface area contributed by atoms with Crippen molar-refractivity contribution in [2.75, 3.05) is 6.61 Å². The fourth-order valence-electron chi connectivity index (χ4n) is 1.43. The number of nitrogens with one attached hydrogen (secondary N) is 1. The Balaban J connectivity index is 2.54. The minimum absolute atomic E-state index is 0.0893. The summed E-state index contributed by atoms with van der Waals surface area (Å²) in [5.74, 6) is -1.53. The lowest BCUT2D eigenvalue weighted by Crippen LogP contribution is -2.17. The van der Waals surface area contributed by atoms with Gasteiger partial charge in [-0.3, -0.25) is 9.78 Å². The van der Waals surface area contributed by atoms with Crippen LogP contribution in [0.2, 0.25) is 0 Å². The number of rotatable bonds is 3. The number of H-pyrrole nitrogens is 1. The molecule has 2 aromatic heterocycles. The first kappa shape index (κ1) is 12.7. The van der Waals surface area contributed by atoms with Crippen LogP contribution in [0.15, 0.2) is 29.2 Å². The third-order valence-electron chi connectivity index (χ3n) is 2.27. The Bertz CT molecular complexity index is 652. The van der Waals surface area contributed by atoms with Gasteiger partial charge in [0.15, 0.2) is 11.5 Å². The van der Waals surface area contributed by atoms with Crippen LogP contribution < -0.4 is 5.56 Å². The second-order valence-corrected chi connectivity index (χ2v) is 3.55. The lowest BCUT2D eigenvalue weighted by molar-refractivity contribution is 0.0515. The zero-order valence-electron chi connectivity index (χ0n) is 10.1. The van der Waals surface area contributed by atoms with Crippen molar-refractivity contribution >= 4 is 5.97 Å². The summed E-state index contributed by atoms with van der Waals surface area (Å²) >= 11 is 0. The van der Waals surface area contributed by atoms with Crippen LogP contribution >= 0.6 is 0 Å². The van der Waals surface area contributed by atoms with Gasteiger partial charge >= 0.3 is 5.97 Å². The average molecular weight is 261 g/mol. The number of carbonyl (C=O) groups is 1. The van der Waals surface area contributed by atoms with Crippen LogP contribution in [0.5, 0.6) is 5.75 Å². The molecule has 0 aliphatic carbocycles. The summed E-state index contributed by atoms with van der Waals surface area (Å²) in [4.78, 5) is 33.4. The van der Waals surface area contributed by atoms with Crippen molar-refractivity contribution in [3.05, 3.63) is 40.4 Å². The smallest absolute Gasteiger partial charge is 0.361 e. The molecule has 2 heterocycles. The monoisotopic (exact) mass is 261 g/mol. The average Bonchev–Trinajstić information content (AvgIpc) is 2.43. The maximum absolute atomic E-state index is 11.6. The molecule has 0 saturated heterocycles. The van der Waals surface area contributed by atoms with Crippen molar-refractivity contribution in [3.63, 3.8) is 0 Å². The molecule has 0 bridgehead atoms. The van der Waals surface area contributed by atoms with E-state index in [9.17, 15) is 14.7 Å². The number of aromatic hydroxyl groups is 1. The predicted octanol–water partition coefficient (Wildman–Crippen LogP) is 0.714. The molecule has 0 saturated carbocycles. The van der Waals surface area contributed by atoms with Crippen molar-refractivity contribution in [3.8, 4) is 17.3 Å². The van der Waals surface area contributed by atoms with Crippen LogP contribution in [-0.4, -0.2) is 32.6 Å². The largest absolute Gasteiger partial charge is 0.501 e. The maximum Gasteiger partial charge on any atom is 0.361 e. The number of pyridine rings is 1. The minimum Gasteiger partial charge on any atom is -0.501 e. The van der Waals surface area contributed by atoms with Crippen molar-refractivity contribution in [2.24, 2.45) is 0 Å². The molecule has 7 heteroatoms. The second-order valence-electron chi connectivity index (χ2n) is 3.55. The molecule has 2 aromatic rings. The highest BCUT2D eigenvalue weighted by atomic mass is 16.5. The molecule has 19 heavy (non-hydrogen) atoms. The van der Waals surface area contributed by atoms with E-state index in [-0.39, 0.29) is 12.4 Å². The number of aromatic amines is 1. The molecule has 2 N–H and O–H groups in total. The molecule has 0 aliphatic rings. The Morgan fingerprint density at radius 1 is 1.47 bits per heavy atom. The van der Waals surface area contributed by atoms with Gasteiger partial charge in [0, 0.05) is 6.20 Å². The topological polar surface area (TPSA) is 105 Å². The Morgan fingerprint density at radius 3 is 2.89 bits per heavy atom. The van der Waals surface area contributed by atoms with Gasteiger partial charge in [-0.25, -0.2) is 9.78 Å². The van der Waals surface area contributed by atoms with E-state index in [0.29, 0.717) is 5.69 Å². The number of hydrogen-bond donors (Lipinski definition) is 2. The van der Waals surface area contributed by atoms with Crippen LogP contribution in [0, 0.1) is 0 Å². The molecule has 0 unspecified atom stereocenters. The highest BCUT2D eigenvalue weighted by molar-refractivity contribution is 5.90. The lowest BCUT2D eigenvalue weighted by atomic mass is 10.3. The summed E-state index contributed by atoms with van der Waals surface area (Å²) in [6.45, 7) is 1.73. The zero-order chi connectivity index (χ0) is 13.8. The first-order chi connectivity index (χ1) is 9.13. The minimum atomic E-state index is -0.858. The van der Waals surface area contributed by atoms with Gasteiger partial charge < -0.3 is 14.8 Å². The molecule has 0 fully saturated rings. The summed E-state index contributed by atoms with van der Waals surface area (Å²) in [6, 6.07) is 5.03. The summed E-state index contributed by atoms with van der Waals surface area (Å²) in [7, 11) is 0. The van der Waals surface area contributed by atoms with Crippen molar-refractivity contribution in [1.82, 2.24) is 15.0 Å². The Morgan fingerprint density at radius 2 is 2.26 bits per heavy atom. The van der Waals surface area contributed by atoms with Gasteiger partial charge in [0.2, 0.25) is 5.75 Å². The van der Waals surface area contributed by atoms with E-state index in [2.05, 4.69) is 15.0 Å². The molecular formula is C12H11N3O4. The van der Waals surface area contributed by atoms with Crippen molar-refractivity contribution in [1.29, 1.82) is 0 Å². The molecule has 0 aromatic carbocycles. The van der Waals surface area contributed by atoms with E-state index in [4.69, 9.17) is 4.74 Å². The predicted molar refractivity (Wildman–Crippen MR) is 65.7 cm³/mol. The van der Waals surface area contributed by atoms with Crippen LogP contribution in [0.25, 0.3) is 11.5 Å². The fraction of sp³-hybridized carbons (Fsp3) is 0.167. The highest BCUT2D eigenvalue weighted by Crippen LogP contribution is 2.15. The molecule has 0 amide bonds. The summed E-state index contributed by atoms with van der Waals surface area (Å²) in [5.41, 5.74) is -0.866. The van der Waals surface area contributed by atoms with E-state index < -0.39 is 23.0 Å². The normalized spacial score (nSPS) is 10.2. The lowest BCUT2D eigenvalue weighted by Gasteiger charge is -2.05. The molecule has 0 spiro atoms. The third-order valence-corrected chi connectivity index (χ3v) is 2.27. The standard InChI is InChI=1S/C12H11N3O4/c1-2-19-12(18)8-9(16)11(17)15-10(14-8)7-5-3-4-6-13-7/h3-6,16H,2H2,1H3,(H,14,15,17). The second kappa shape index (κ2) is 5.30. The van der Waals surface area contributed by atoms with Gasteiger partial charge in [-0.2, -0.15) is 0 Å². The zero-order valence-corrected chi connectivity index (χ0v) is 10.1. The van der Waals surface area contributed by atoms with Gasteiger partial charge in [0.05, 0.1) is 6.61 Å². The van der Waals surface area contributed by atoms with Crippen LogP contribution in [0.1, 0.15) is 17.4 Å². The maximum atomic E-state index is 11.6. The molecule has 0 aliphatic heterocycles. The van der Waals surface area contributed by atoms with Gasteiger partial charge in [0.1, 0.15) is 5.69 Å². The molecular weight excluding hydrogens is 250 g/mol. The first-order valence-corrected chi connectivity index (χ1v) is 5.55. The fourth-order valence-corrected chi connectivity index (χ4v) is 1.43. The summed E-state index contributed by atoms with van der Waals surface area (Å²) in [5, 5.41) is 9.54. The van der Waals surface area contributed by atoms with Crippen LogP contribution in [-0.2, 0) is 4.74 Å². The van der Waals surface area contributed by atoms with Crippen LogP contribution in [0.3, 0.4) is 0 Å². The number of esters is 1. The molecule has 98 valence electrons. The van der Waals surface area contributed by atoms with Gasteiger partial charge in [-0.15, -0.1) is 0 Å². The molecule has 7 nitrogen and oxygen atoms in total. The molecule has 2 rings (SSSR count).